The van der Waals surface area contributed by atoms with E-state index in [0.717, 1.165) is 45.3 Å². The van der Waals surface area contributed by atoms with Crippen LogP contribution in [0.1, 0.15) is 71.6 Å². The van der Waals surface area contributed by atoms with Gasteiger partial charge in [-0.15, -0.1) is 0 Å². The highest BCUT2D eigenvalue weighted by molar-refractivity contribution is 5.79. The van der Waals surface area contributed by atoms with E-state index in [2.05, 4.69) is 46.9 Å². The van der Waals surface area contributed by atoms with Gasteiger partial charge in [-0.3, -0.25) is 15.5 Å². The highest BCUT2D eigenvalue weighted by atomic mass is 19.1. The molecular weight excluding hydrogens is 443 g/mol. The van der Waals surface area contributed by atoms with Crippen LogP contribution < -0.4 is 21.8 Å². The molecule has 0 bridgehead atoms. The Balaban J connectivity index is 1.42. The Kier molecular flexibility index (Phi) is 9.83. The highest BCUT2D eigenvalue weighted by Crippen LogP contribution is 2.40. The highest BCUT2D eigenvalue weighted by Gasteiger charge is 2.49. The summed E-state index contributed by atoms with van der Waals surface area (Å²) in [6, 6.07) is 0.706. The van der Waals surface area contributed by atoms with Crippen molar-refractivity contribution in [2.24, 2.45) is 35.3 Å². The largest absolute Gasteiger partial charge is 0.355 e. The van der Waals surface area contributed by atoms with E-state index in [9.17, 15) is 9.18 Å². The molecule has 4 fully saturated rings. The number of piperidine rings is 1. The summed E-state index contributed by atoms with van der Waals surface area (Å²) < 4.78 is 14.4. The number of alkyl halides is 1. The molecule has 0 aromatic carbocycles. The lowest BCUT2D eigenvalue weighted by Gasteiger charge is -2.46. The smallest absolute Gasteiger partial charge is 0.223 e. The molecule has 8 unspecified atom stereocenters. The normalized spacial score (nSPS) is 38.6. The molecule has 4 rings (SSSR count). The summed E-state index contributed by atoms with van der Waals surface area (Å²) in [6.07, 6.45) is 8.92. The molecule has 35 heavy (non-hydrogen) atoms. The number of hydrogen-bond acceptors (Lipinski definition) is 6. The first-order valence-corrected chi connectivity index (χ1v) is 14.5. The molecular formula is C27H51FN6O. The maximum Gasteiger partial charge on any atom is 0.223 e. The molecule has 0 aromatic rings. The van der Waals surface area contributed by atoms with Gasteiger partial charge in [-0.05, 0) is 71.3 Å². The van der Waals surface area contributed by atoms with E-state index < -0.39 is 6.17 Å². The molecule has 4 aliphatic rings. The van der Waals surface area contributed by atoms with Gasteiger partial charge in [-0.25, -0.2) is 9.40 Å². The van der Waals surface area contributed by atoms with Crippen LogP contribution in [-0.4, -0.2) is 80.0 Å². The molecule has 8 atom stereocenters. The first-order chi connectivity index (χ1) is 16.9. The summed E-state index contributed by atoms with van der Waals surface area (Å²) in [5.74, 6) is 1.65. The summed E-state index contributed by atoms with van der Waals surface area (Å²) in [5, 5.41) is 9.54. The van der Waals surface area contributed by atoms with E-state index in [0.29, 0.717) is 43.4 Å². The molecule has 8 heteroatoms. The Morgan fingerprint density at radius 1 is 1.17 bits per heavy atom. The zero-order valence-corrected chi connectivity index (χ0v) is 22.4. The third-order valence-corrected chi connectivity index (χ3v) is 9.35. The average molecular weight is 495 g/mol. The Morgan fingerprint density at radius 3 is 2.71 bits per heavy atom. The number of rotatable bonds is 9. The van der Waals surface area contributed by atoms with Gasteiger partial charge in [0.15, 0.2) is 0 Å². The zero-order valence-electron chi connectivity index (χ0n) is 22.4. The third kappa shape index (κ3) is 6.75. The van der Waals surface area contributed by atoms with E-state index in [1.807, 2.05) is 0 Å². The molecule has 0 aromatic heterocycles. The standard InChI is InChI=1S/C27H51FN6O/c1-18(2)34-26-23(16-31-34)22(27(35)30-15-21-8-4-5-10-24(21)28)14-25(32-26)20-9-6-7-19(13-20)17-33(3)12-11-29/h18-26,31-32H,4-17,29H2,1-3H3,(H,30,35). The minimum absolute atomic E-state index is 0.0144. The summed E-state index contributed by atoms with van der Waals surface area (Å²) in [6.45, 7) is 8.51. The topological polar surface area (TPSA) is 85.7 Å². The second-order valence-electron chi connectivity index (χ2n) is 12.2. The van der Waals surface area contributed by atoms with Gasteiger partial charge in [0.25, 0.3) is 0 Å². The van der Waals surface area contributed by atoms with Crippen LogP contribution in [0.5, 0.6) is 0 Å². The number of carbonyl (C=O) groups is 1. The first kappa shape index (κ1) is 27.2. The van der Waals surface area contributed by atoms with Crippen LogP contribution in [0, 0.1) is 29.6 Å². The lowest BCUT2D eigenvalue weighted by molar-refractivity contribution is -0.130. The van der Waals surface area contributed by atoms with Crippen LogP contribution in [0.25, 0.3) is 0 Å². The SMILES string of the molecule is CC(C)N1NCC2C(C(=O)NCC3CCCCC3F)CC(C3CCCC(CN(C)CCN)C3)NC21. The number of nitrogens with zero attached hydrogens (tertiary/aromatic N) is 2. The summed E-state index contributed by atoms with van der Waals surface area (Å²) in [5.41, 5.74) is 9.35. The number of carbonyl (C=O) groups excluding carboxylic acids is 1. The Morgan fingerprint density at radius 2 is 1.97 bits per heavy atom. The maximum absolute atomic E-state index is 14.4. The van der Waals surface area contributed by atoms with E-state index in [1.165, 1.54) is 25.7 Å². The minimum Gasteiger partial charge on any atom is -0.355 e. The monoisotopic (exact) mass is 494 g/mol. The van der Waals surface area contributed by atoms with Gasteiger partial charge < -0.3 is 16.0 Å². The van der Waals surface area contributed by atoms with Gasteiger partial charge in [0.1, 0.15) is 6.17 Å². The van der Waals surface area contributed by atoms with E-state index in [4.69, 9.17) is 5.73 Å². The van der Waals surface area contributed by atoms with Crippen molar-refractivity contribution >= 4 is 5.91 Å². The van der Waals surface area contributed by atoms with E-state index in [1.54, 1.807) is 0 Å². The lowest BCUT2D eigenvalue weighted by atomic mass is 9.71. The Labute approximate surface area is 212 Å². The summed E-state index contributed by atoms with van der Waals surface area (Å²) in [7, 11) is 2.18. The van der Waals surface area contributed by atoms with Crippen LogP contribution in [0.2, 0.25) is 0 Å². The molecule has 5 N–H and O–H groups in total. The molecule has 0 spiro atoms. The van der Waals surface area contributed by atoms with E-state index >= 15 is 0 Å². The fraction of sp³-hybridized carbons (Fsp3) is 0.963. The average Bonchev–Trinajstić information content (AvgIpc) is 3.27. The Bertz CT molecular complexity index is 680. The van der Waals surface area contributed by atoms with Gasteiger partial charge in [0.05, 0.1) is 6.17 Å². The third-order valence-electron chi connectivity index (χ3n) is 9.35. The van der Waals surface area contributed by atoms with Gasteiger partial charge >= 0.3 is 0 Å². The molecule has 2 heterocycles. The molecule has 7 nitrogen and oxygen atoms in total. The van der Waals surface area contributed by atoms with Crippen molar-refractivity contribution < 1.29 is 9.18 Å². The predicted octanol–water partition coefficient (Wildman–Crippen LogP) is 2.48. The van der Waals surface area contributed by atoms with Gasteiger partial charge in [-0.1, -0.05) is 19.3 Å². The van der Waals surface area contributed by atoms with E-state index in [-0.39, 0.29) is 29.8 Å². The minimum atomic E-state index is -0.765. The fourth-order valence-corrected chi connectivity index (χ4v) is 7.43. The number of nitrogens with one attached hydrogen (secondary N) is 3. The number of fused-ring (bicyclic) bond motifs is 1. The van der Waals surface area contributed by atoms with Crippen LogP contribution in [0.3, 0.4) is 0 Å². The lowest BCUT2D eigenvalue weighted by Crippen LogP contribution is -2.62. The molecule has 1 amide bonds. The number of halogens is 1. The van der Waals surface area contributed by atoms with Crippen LogP contribution in [-0.2, 0) is 4.79 Å². The number of nitrogens with two attached hydrogens (primary N) is 1. The van der Waals surface area contributed by atoms with Crippen molar-refractivity contribution in [3.63, 3.8) is 0 Å². The van der Waals surface area contributed by atoms with Crippen molar-refractivity contribution in [3.8, 4) is 0 Å². The summed E-state index contributed by atoms with van der Waals surface area (Å²) >= 11 is 0. The molecule has 0 radical (unpaired) electrons. The van der Waals surface area contributed by atoms with Gasteiger partial charge in [0.2, 0.25) is 5.91 Å². The van der Waals surface area contributed by atoms with Crippen LogP contribution in [0.15, 0.2) is 0 Å². The van der Waals surface area contributed by atoms with Gasteiger partial charge in [0, 0.05) is 62.6 Å². The van der Waals surface area contributed by atoms with Crippen molar-refractivity contribution in [1.82, 2.24) is 26.0 Å². The van der Waals surface area contributed by atoms with Crippen molar-refractivity contribution in [2.45, 2.75) is 96.1 Å². The van der Waals surface area contributed by atoms with Gasteiger partial charge in [-0.2, -0.15) is 0 Å². The molecule has 2 saturated heterocycles. The first-order valence-electron chi connectivity index (χ1n) is 14.5. The van der Waals surface area contributed by atoms with Crippen LogP contribution in [0.4, 0.5) is 4.39 Å². The van der Waals surface area contributed by atoms with Crippen LogP contribution >= 0.6 is 0 Å². The molecule has 2 saturated carbocycles. The zero-order chi connectivity index (χ0) is 24.9. The number of hydrazine groups is 1. The maximum atomic E-state index is 14.4. The quantitative estimate of drug-likeness (QED) is 0.394. The van der Waals surface area contributed by atoms with Crippen molar-refractivity contribution in [3.05, 3.63) is 0 Å². The molecule has 2 aliphatic carbocycles. The molecule has 2 aliphatic heterocycles. The summed E-state index contributed by atoms with van der Waals surface area (Å²) in [4.78, 5) is 15.9. The number of amides is 1. The Hall–Kier alpha value is -0.800. The fourth-order valence-electron chi connectivity index (χ4n) is 7.43. The predicted molar refractivity (Wildman–Crippen MR) is 139 cm³/mol. The van der Waals surface area contributed by atoms with Crippen molar-refractivity contribution in [1.29, 1.82) is 0 Å². The molecule has 202 valence electrons. The van der Waals surface area contributed by atoms with Crippen molar-refractivity contribution in [2.75, 3.05) is 39.8 Å². The number of likely N-dealkylation sites (N-methyl/N-ethyl adjacent to an activating group) is 1. The second kappa shape index (κ2) is 12.6. The second-order valence-corrected chi connectivity index (χ2v) is 12.2. The number of hydrogen-bond donors (Lipinski definition) is 4.